The molecule has 362 valence electrons. The molecule has 0 aliphatic heterocycles. The second-order valence-electron chi connectivity index (χ2n) is 20.1. The van der Waals surface area contributed by atoms with Crippen molar-refractivity contribution in [2.75, 3.05) is 0 Å². The molecule has 0 bridgehead atoms. The third kappa shape index (κ3) is 6.47. The number of nitrogens with zero attached hydrogens (tertiary/aromatic N) is 7. The van der Waals surface area contributed by atoms with Crippen molar-refractivity contribution in [3.05, 3.63) is 226 Å². The second kappa shape index (κ2) is 15.7. The maximum absolute atomic E-state index is 5.97. The Hall–Kier alpha value is -10.7. The Morgan fingerprint density at radius 2 is 0.688 bits per heavy atom. The minimum Gasteiger partial charge on any atom is -0.464 e. The molecule has 11 nitrogen and oxygen atoms in total. The molecular formula is C66H39N7O4. The van der Waals surface area contributed by atoms with Crippen molar-refractivity contribution >= 4 is 98.4 Å². The predicted molar refractivity (Wildman–Crippen MR) is 305 cm³/mol. The maximum Gasteiger partial charge on any atom is 0.135 e. The highest BCUT2D eigenvalue weighted by Gasteiger charge is 2.20. The molecule has 0 radical (unpaired) electrons. The molecule has 77 heavy (non-hydrogen) atoms. The Morgan fingerprint density at radius 1 is 0.312 bits per heavy atom. The van der Waals surface area contributed by atoms with Crippen LogP contribution in [0.1, 0.15) is 5.56 Å². The van der Waals surface area contributed by atoms with Gasteiger partial charge in [0.05, 0.1) is 65.0 Å². The molecule has 0 fully saturated rings. The van der Waals surface area contributed by atoms with Gasteiger partial charge in [0.25, 0.3) is 0 Å². The molecule has 0 saturated carbocycles. The van der Waals surface area contributed by atoms with Gasteiger partial charge in [-0.05, 0) is 168 Å². The molecule has 0 unspecified atom stereocenters. The van der Waals surface area contributed by atoms with E-state index in [0.717, 1.165) is 160 Å². The molecule has 0 saturated heterocycles. The summed E-state index contributed by atoms with van der Waals surface area (Å²) in [5.74, 6) is 0. The van der Waals surface area contributed by atoms with Crippen molar-refractivity contribution in [2.45, 2.75) is 6.92 Å². The summed E-state index contributed by atoms with van der Waals surface area (Å²) in [5, 5.41) is 18.0. The van der Waals surface area contributed by atoms with Gasteiger partial charge in [0.15, 0.2) is 0 Å². The summed E-state index contributed by atoms with van der Waals surface area (Å²) in [6, 6.07) is 54.6. The Labute approximate surface area is 436 Å². The van der Waals surface area contributed by atoms with Crippen molar-refractivity contribution in [3.8, 4) is 56.1 Å². The van der Waals surface area contributed by atoms with E-state index in [1.807, 2.05) is 30.5 Å². The summed E-state index contributed by atoms with van der Waals surface area (Å²) in [4.78, 5) is 4.92. The van der Waals surface area contributed by atoms with E-state index in [9.17, 15) is 0 Å². The minimum absolute atomic E-state index is 0.777. The van der Waals surface area contributed by atoms with Gasteiger partial charge in [0.2, 0.25) is 0 Å². The Morgan fingerprint density at radius 3 is 1.08 bits per heavy atom. The Balaban J connectivity index is 0.938. The van der Waals surface area contributed by atoms with Crippen LogP contribution in [0.15, 0.2) is 238 Å². The molecule has 0 atom stereocenters. The van der Waals surface area contributed by atoms with Gasteiger partial charge in [-0.25, -0.2) is 0 Å². The molecule has 0 N–H and O–H groups in total. The molecule has 0 spiro atoms. The zero-order valence-electron chi connectivity index (χ0n) is 41.0. The summed E-state index contributed by atoms with van der Waals surface area (Å²) in [6.07, 6.45) is 21.0. The predicted octanol–water partition coefficient (Wildman–Crippen LogP) is 17.1. The highest BCUT2D eigenvalue weighted by molar-refractivity contribution is 6.00. The van der Waals surface area contributed by atoms with E-state index in [1.54, 1.807) is 37.4 Å². The van der Waals surface area contributed by atoms with Crippen molar-refractivity contribution < 1.29 is 17.7 Å². The number of aromatic nitrogens is 7. The van der Waals surface area contributed by atoms with E-state index in [1.165, 1.54) is 0 Å². The summed E-state index contributed by atoms with van der Waals surface area (Å²) < 4.78 is 33.0. The van der Waals surface area contributed by atoms with Crippen LogP contribution in [-0.4, -0.2) is 33.4 Å². The van der Waals surface area contributed by atoms with Gasteiger partial charge in [0.1, 0.15) is 22.3 Å². The smallest absolute Gasteiger partial charge is 0.135 e. The second-order valence-corrected chi connectivity index (χ2v) is 20.1. The molecule has 7 aromatic carbocycles. The van der Waals surface area contributed by atoms with E-state index in [2.05, 4.69) is 188 Å². The molecule has 11 heteroatoms. The summed E-state index contributed by atoms with van der Waals surface area (Å²) in [7, 11) is 0. The van der Waals surface area contributed by atoms with Crippen molar-refractivity contribution in [1.82, 2.24) is 33.4 Å². The average molecular weight is 994 g/mol. The number of hydrogen-bond acceptors (Lipinski definition) is 7. The van der Waals surface area contributed by atoms with E-state index >= 15 is 0 Å². The number of fused-ring (bicyclic) bond motifs is 9. The first-order valence-corrected chi connectivity index (χ1v) is 25.4. The van der Waals surface area contributed by atoms with Crippen molar-refractivity contribution in [3.63, 3.8) is 0 Å². The monoisotopic (exact) mass is 993 g/mol. The topological polar surface area (TPSA) is 111 Å². The first kappa shape index (κ1) is 41.8. The third-order valence-corrected chi connectivity index (χ3v) is 15.7. The number of benzene rings is 7. The van der Waals surface area contributed by atoms with Gasteiger partial charge in [-0.2, -0.15) is 10.2 Å². The molecule has 0 aliphatic carbocycles. The standard InChI is InChI=1S/C66H39N7O4/c1-38-56(48-23-52(70-10-2-39-18-43-6-14-74-63(43)31-59(39)70)29-53(24-48)71-11-3-40-19-44-7-15-75-64(44)32-60(40)71)27-47(50-22-51-36-68-69-37-58(51)67-35-50)28-57(38)49-25-54(72-12-4-41-20-45-8-16-76-65(45)33-61(41)72)30-55(26-49)73-13-5-42-21-46-9-17-77-66(46)34-62(42)73/h2-37H,1H3. The van der Waals surface area contributed by atoms with Crippen LogP contribution < -0.4 is 0 Å². The Bertz CT molecular complexity index is 4740. The molecule has 0 aliphatic rings. The molecule has 17 rings (SSSR count). The zero-order valence-corrected chi connectivity index (χ0v) is 41.0. The van der Waals surface area contributed by atoms with Crippen LogP contribution in [0.4, 0.5) is 0 Å². The SMILES string of the molecule is Cc1c(-c2cc(-n3ccc4cc5ccoc5cc43)cc(-n3ccc4cc5ccoc5cc43)c2)cc(-c2cnc3cnncc3c2)cc1-c1cc(-n2ccc3cc4ccoc4cc32)cc(-n2ccc3cc4ccoc4cc32)c1. The lowest BCUT2D eigenvalue weighted by Gasteiger charge is -2.20. The van der Waals surface area contributed by atoms with Gasteiger partial charge in [0, 0.05) is 132 Å². The van der Waals surface area contributed by atoms with Gasteiger partial charge in [-0.15, -0.1) is 0 Å². The number of hydrogen-bond donors (Lipinski definition) is 0. The highest BCUT2D eigenvalue weighted by Crippen LogP contribution is 2.42. The lowest BCUT2D eigenvalue weighted by molar-refractivity contribution is 0.616. The molecule has 10 heterocycles. The van der Waals surface area contributed by atoms with E-state index in [0.29, 0.717) is 0 Å². The number of furan rings is 4. The first-order valence-electron chi connectivity index (χ1n) is 25.4. The highest BCUT2D eigenvalue weighted by atomic mass is 16.3. The third-order valence-electron chi connectivity index (χ3n) is 15.7. The maximum atomic E-state index is 5.97. The van der Waals surface area contributed by atoms with E-state index < -0.39 is 0 Å². The van der Waals surface area contributed by atoms with Crippen LogP contribution in [0.3, 0.4) is 0 Å². The normalized spacial score (nSPS) is 12.2. The average Bonchev–Trinajstić information content (AvgIpc) is 4.45. The van der Waals surface area contributed by atoms with Crippen LogP contribution in [0.25, 0.3) is 155 Å². The molecule has 10 aromatic heterocycles. The first-order chi connectivity index (χ1) is 38.0. The molecule has 17 aromatic rings. The van der Waals surface area contributed by atoms with Crippen molar-refractivity contribution in [1.29, 1.82) is 0 Å². The summed E-state index contributed by atoms with van der Waals surface area (Å²) >= 11 is 0. The van der Waals surface area contributed by atoms with Gasteiger partial charge < -0.3 is 35.9 Å². The lowest BCUT2D eigenvalue weighted by Crippen LogP contribution is -2.01. The largest absolute Gasteiger partial charge is 0.464 e. The number of pyridine rings is 1. The Kier molecular flexibility index (Phi) is 8.51. The van der Waals surface area contributed by atoms with Crippen LogP contribution >= 0.6 is 0 Å². The minimum atomic E-state index is 0.777. The summed E-state index contributed by atoms with van der Waals surface area (Å²) in [5.41, 5.74) is 19.5. The van der Waals surface area contributed by atoms with Gasteiger partial charge in [-0.3, -0.25) is 4.98 Å². The fourth-order valence-electron chi connectivity index (χ4n) is 11.9. The lowest BCUT2D eigenvalue weighted by atomic mass is 9.88. The molecular weight excluding hydrogens is 955 g/mol. The van der Waals surface area contributed by atoms with E-state index in [-0.39, 0.29) is 0 Å². The fourth-order valence-corrected chi connectivity index (χ4v) is 11.9. The van der Waals surface area contributed by atoms with Gasteiger partial charge in [-0.1, -0.05) is 0 Å². The quantitative estimate of drug-likeness (QED) is 0.156. The summed E-state index contributed by atoms with van der Waals surface area (Å²) in [6.45, 7) is 2.25. The van der Waals surface area contributed by atoms with Crippen LogP contribution in [0.5, 0.6) is 0 Å². The van der Waals surface area contributed by atoms with E-state index in [4.69, 9.17) is 22.7 Å². The van der Waals surface area contributed by atoms with Gasteiger partial charge >= 0.3 is 0 Å². The fraction of sp³-hybridized carbons (Fsp3) is 0.0152. The van der Waals surface area contributed by atoms with Crippen molar-refractivity contribution in [2.24, 2.45) is 0 Å². The molecule has 0 amide bonds. The number of rotatable bonds is 7. The van der Waals surface area contributed by atoms with Crippen LogP contribution in [0.2, 0.25) is 0 Å². The van der Waals surface area contributed by atoms with Crippen LogP contribution in [-0.2, 0) is 0 Å². The zero-order chi connectivity index (χ0) is 50.5. The van der Waals surface area contributed by atoms with Crippen LogP contribution in [0, 0.1) is 6.92 Å².